The first-order valence-electron chi connectivity index (χ1n) is 9.31. The van der Waals surface area contributed by atoms with Crippen molar-refractivity contribution in [2.75, 3.05) is 10.5 Å². The second kappa shape index (κ2) is 8.16. The third-order valence-corrected chi connectivity index (χ3v) is 7.92. The smallest absolute Gasteiger partial charge is 0.262 e. The van der Waals surface area contributed by atoms with Crippen LogP contribution in [0.3, 0.4) is 0 Å². The van der Waals surface area contributed by atoms with Crippen molar-refractivity contribution in [2.24, 2.45) is 0 Å². The minimum Gasteiger partial charge on any atom is -0.280 e. The van der Waals surface area contributed by atoms with Crippen LogP contribution in [0.5, 0.6) is 0 Å². The van der Waals surface area contributed by atoms with Gasteiger partial charge in [-0.05, 0) is 56.2 Å². The molecule has 0 spiro atoms. The third kappa shape index (κ3) is 4.52. The van der Waals surface area contributed by atoms with E-state index < -0.39 is 19.9 Å². The monoisotopic (exact) mass is 445 g/mol. The molecule has 9 heteroatoms. The van der Waals surface area contributed by atoms with Crippen LogP contribution >= 0.6 is 0 Å². The van der Waals surface area contributed by atoms with Crippen LogP contribution in [-0.2, 0) is 19.9 Å². The second-order valence-electron chi connectivity index (χ2n) is 7.07. The lowest BCUT2D eigenvalue weighted by Crippen LogP contribution is -2.16. The summed E-state index contributed by atoms with van der Waals surface area (Å²) in [6.07, 6.45) is 0. The van der Waals surface area contributed by atoms with Gasteiger partial charge in [0, 0.05) is 11.3 Å². The summed E-state index contributed by atoms with van der Waals surface area (Å²) in [5.41, 5.74) is 3.77. The number of anilines is 1. The van der Waals surface area contributed by atoms with Gasteiger partial charge in [0.1, 0.15) is 0 Å². The Morgan fingerprint density at radius 1 is 0.867 bits per heavy atom. The molecule has 0 amide bonds. The molecule has 0 aliphatic rings. The number of rotatable bonds is 6. The van der Waals surface area contributed by atoms with Gasteiger partial charge in [0.2, 0.25) is 0 Å². The molecule has 0 atom stereocenters. The maximum Gasteiger partial charge on any atom is 0.262 e. The number of aryl methyl sites for hydroxylation is 3. The number of benzene rings is 2. The lowest BCUT2D eigenvalue weighted by Gasteiger charge is -2.14. The molecule has 1 heterocycles. The number of nitrogens with one attached hydrogen (secondary N) is 1. The molecule has 1 N–H and O–H groups in total. The molecule has 7 nitrogen and oxygen atoms in total. The second-order valence-corrected chi connectivity index (χ2v) is 10.9. The van der Waals surface area contributed by atoms with E-state index >= 15 is 0 Å². The summed E-state index contributed by atoms with van der Waals surface area (Å²) >= 11 is 0. The molecular weight excluding hydrogens is 422 g/mol. The zero-order valence-electron chi connectivity index (χ0n) is 17.2. The molecule has 3 rings (SSSR count). The molecule has 0 aliphatic carbocycles. The van der Waals surface area contributed by atoms with Crippen LogP contribution in [0, 0.1) is 20.8 Å². The van der Waals surface area contributed by atoms with E-state index in [2.05, 4.69) is 14.9 Å². The quantitative estimate of drug-likeness (QED) is 0.621. The van der Waals surface area contributed by atoms with Crippen LogP contribution in [-0.4, -0.2) is 32.8 Å². The summed E-state index contributed by atoms with van der Waals surface area (Å²) in [5, 5.41) is 7.71. The summed E-state index contributed by atoms with van der Waals surface area (Å²) in [5.74, 6) is -0.0594. The van der Waals surface area contributed by atoms with Crippen molar-refractivity contribution < 1.29 is 16.8 Å². The Morgan fingerprint density at radius 3 is 2.10 bits per heavy atom. The van der Waals surface area contributed by atoms with Gasteiger partial charge >= 0.3 is 0 Å². The van der Waals surface area contributed by atoms with Gasteiger partial charge in [0.05, 0.1) is 16.3 Å². The SMILES string of the molecule is CCS(=O)(=O)c1ccc(-c2cccc(NS(=O)(=O)c3c(C)cc(C)cc3C)c2)nn1. The molecule has 30 heavy (non-hydrogen) atoms. The zero-order valence-corrected chi connectivity index (χ0v) is 18.8. The zero-order chi connectivity index (χ0) is 22.1. The van der Waals surface area contributed by atoms with E-state index in [0.717, 1.165) is 5.56 Å². The van der Waals surface area contributed by atoms with Crippen LogP contribution in [0.4, 0.5) is 5.69 Å². The molecule has 0 aliphatic heterocycles. The Kier molecular flexibility index (Phi) is 5.96. The van der Waals surface area contributed by atoms with Crippen LogP contribution in [0.1, 0.15) is 23.6 Å². The molecule has 158 valence electrons. The summed E-state index contributed by atoms with van der Waals surface area (Å²) in [4.78, 5) is 0.257. The minimum absolute atomic E-state index is 0.0594. The molecule has 0 fully saturated rings. The van der Waals surface area contributed by atoms with Crippen molar-refractivity contribution in [3.8, 4) is 11.3 Å². The molecule has 0 unspecified atom stereocenters. The van der Waals surface area contributed by atoms with Gasteiger partial charge in [0.15, 0.2) is 14.9 Å². The van der Waals surface area contributed by atoms with E-state index in [4.69, 9.17) is 0 Å². The highest BCUT2D eigenvalue weighted by Gasteiger charge is 2.20. The summed E-state index contributed by atoms with van der Waals surface area (Å²) in [6, 6.07) is 13.3. The first-order valence-corrected chi connectivity index (χ1v) is 12.4. The number of hydrogen-bond acceptors (Lipinski definition) is 6. The number of aromatic nitrogens is 2. The summed E-state index contributed by atoms with van der Waals surface area (Å²) in [6.45, 7) is 7.00. The van der Waals surface area contributed by atoms with Crippen LogP contribution in [0.15, 0.2) is 58.5 Å². The van der Waals surface area contributed by atoms with Gasteiger partial charge in [0.25, 0.3) is 10.0 Å². The van der Waals surface area contributed by atoms with Crippen molar-refractivity contribution in [3.63, 3.8) is 0 Å². The Morgan fingerprint density at radius 2 is 1.53 bits per heavy atom. The fraction of sp³-hybridized carbons (Fsp3) is 0.238. The summed E-state index contributed by atoms with van der Waals surface area (Å²) < 4.78 is 52.4. The topological polar surface area (TPSA) is 106 Å². The Labute approximate surface area is 177 Å². The highest BCUT2D eigenvalue weighted by Crippen LogP contribution is 2.26. The van der Waals surface area contributed by atoms with Crippen LogP contribution in [0.25, 0.3) is 11.3 Å². The minimum atomic E-state index is -3.79. The Hall–Kier alpha value is -2.78. The van der Waals surface area contributed by atoms with E-state index in [1.165, 1.54) is 13.0 Å². The van der Waals surface area contributed by atoms with E-state index in [-0.39, 0.29) is 15.7 Å². The van der Waals surface area contributed by atoms with Gasteiger partial charge < -0.3 is 0 Å². The van der Waals surface area contributed by atoms with Gasteiger partial charge in [-0.2, -0.15) is 0 Å². The predicted octanol–water partition coefficient (Wildman–Crippen LogP) is 3.66. The predicted molar refractivity (Wildman–Crippen MR) is 117 cm³/mol. The van der Waals surface area contributed by atoms with Gasteiger partial charge in [-0.3, -0.25) is 4.72 Å². The maximum absolute atomic E-state index is 13.0. The van der Waals surface area contributed by atoms with E-state index in [0.29, 0.717) is 28.1 Å². The average molecular weight is 446 g/mol. The van der Waals surface area contributed by atoms with Crippen molar-refractivity contribution in [1.29, 1.82) is 0 Å². The molecule has 0 saturated carbocycles. The molecule has 0 radical (unpaired) electrons. The Balaban J connectivity index is 1.93. The normalized spacial score (nSPS) is 12.0. The van der Waals surface area contributed by atoms with E-state index in [9.17, 15) is 16.8 Å². The lowest BCUT2D eigenvalue weighted by atomic mass is 10.1. The molecule has 1 aromatic heterocycles. The molecule has 3 aromatic rings. The number of sulfone groups is 1. The van der Waals surface area contributed by atoms with Crippen LogP contribution < -0.4 is 4.72 Å². The number of nitrogens with zero attached hydrogens (tertiary/aromatic N) is 2. The lowest BCUT2D eigenvalue weighted by molar-refractivity contribution is 0.591. The number of hydrogen-bond donors (Lipinski definition) is 1. The highest BCUT2D eigenvalue weighted by molar-refractivity contribution is 7.92. The van der Waals surface area contributed by atoms with Gasteiger partial charge in [-0.25, -0.2) is 16.8 Å². The largest absolute Gasteiger partial charge is 0.280 e. The molecule has 0 saturated heterocycles. The molecule has 0 bridgehead atoms. The van der Waals surface area contributed by atoms with Gasteiger partial charge in [-0.1, -0.05) is 36.8 Å². The maximum atomic E-state index is 13.0. The fourth-order valence-electron chi connectivity index (χ4n) is 3.33. The number of sulfonamides is 1. The van der Waals surface area contributed by atoms with E-state index in [1.54, 1.807) is 44.2 Å². The van der Waals surface area contributed by atoms with E-state index in [1.807, 2.05) is 19.1 Å². The van der Waals surface area contributed by atoms with Crippen LogP contribution in [0.2, 0.25) is 0 Å². The van der Waals surface area contributed by atoms with Crippen molar-refractivity contribution in [2.45, 2.75) is 37.6 Å². The fourth-order valence-corrected chi connectivity index (χ4v) is 5.57. The van der Waals surface area contributed by atoms with Crippen molar-refractivity contribution in [1.82, 2.24) is 10.2 Å². The van der Waals surface area contributed by atoms with Gasteiger partial charge in [-0.15, -0.1) is 10.2 Å². The standard InChI is InChI=1S/C21H23N3O4S2/c1-5-29(25,26)20-10-9-19(22-23-20)17-7-6-8-18(13-17)24-30(27,28)21-15(3)11-14(2)12-16(21)4/h6-13,24H,5H2,1-4H3. The summed E-state index contributed by atoms with van der Waals surface area (Å²) in [7, 11) is -7.22. The average Bonchev–Trinajstić information content (AvgIpc) is 2.67. The Bertz CT molecular complexity index is 1280. The van der Waals surface area contributed by atoms with Crippen molar-refractivity contribution >= 4 is 25.5 Å². The first-order chi connectivity index (χ1) is 14.0. The highest BCUT2D eigenvalue weighted by atomic mass is 32.2. The molecular formula is C21H23N3O4S2. The third-order valence-electron chi connectivity index (χ3n) is 4.62. The first kappa shape index (κ1) is 21.9. The molecule has 2 aromatic carbocycles. The van der Waals surface area contributed by atoms with Crippen molar-refractivity contribution in [3.05, 3.63) is 65.2 Å².